The second-order valence-corrected chi connectivity index (χ2v) is 4.95. The lowest BCUT2D eigenvalue weighted by Crippen LogP contribution is -2.32. The quantitative estimate of drug-likeness (QED) is 0.845. The Balaban J connectivity index is 1.84. The van der Waals surface area contributed by atoms with Gasteiger partial charge in [-0.2, -0.15) is 0 Å². The third kappa shape index (κ3) is 3.06. The van der Waals surface area contributed by atoms with Crippen LogP contribution in [0.4, 0.5) is 0 Å². The molecule has 0 radical (unpaired) electrons. The van der Waals surface area contributed by atoms with Crippen LogP contribution in [0.3, 0.4) is 0 Å². The van der Waals surface area contributed by atoms with E-state index >= 15 is 0 Å². The normalized spacial score (nSPS) is 16.9. The molecule has 3 nitrogen and oxygen atoms in total. The van der Waals surface area contributed by atoms with Crippen LogP contribution in [0.2, 0.25) is 0 Å². The van der Waals surface area contributed by atoms with Gasteiger partial charge in [0.1, 0.15) is 0 Å². The molecule has 2 aromatic carbocycles. The molecule has 1 amide bonds. The SMILES string of the molecule is O=C(NCC1CO1)C(c1ccccc1)c1ccccc1. The van der Waals surface area contributed by atoms with Gasteiger partial charge in [0.15, 0.2) is 0 Å². The summed E-state index contributed by atoms with van der Waals surface area (Å²) in [5.74, 6) is -0.242. The maximum absolute atomic E-state index is 12.5. The fourth-order valence-electron chi connectivity index (χ4n) is 2.29. The molecular weight excluding hydrogens is 250 g/mol. The highest BCUT2D eigenvalue weighted by molar-refractivity contribution is 5.87. The summed E-state index contributed by atoms with van der Waals surface area (Å²) < 4.78 is 5.14. The molecular formula is C17H17NO2. The molecule has 1 aliphatic heterocycles. The van der Waals surface area contributed by atoms with Crippen molar-refractivity contribution in [2.75, 3.05) is 13.2 Å². The number of hydrogen-bond donors (Lipinski definition) is 1. The lowest BCUT2D eigenvalue weighted by atomic mass is 9.90. The Labute approximate surface area is 118 Å². The van der Waals surface area contributed by atoms with Gasteiger partial charge in [-0.25, -0.2) is 0 Å². The summed E-state index contributed by atoms with van der Waals surface area (Å²) in [4.78, 5) is 12.5. The highest BCUT2D eigenvalue weighted by atomic mass is 16.6. The van der Waals surface area contributed by atoms with Crippen molar-refractivity contribution < 1.29 is 9.53 Å². The van der Waals surface area contributed by atoms with E-state index in [-0.39, 0.29) is 17.9 Å². The van der Waals surface area contributed by atoms with Gasteiger partial charge in [-0.15, -0.1) is 0 Å². The Hall–Kier alpha value is -2.13. The van der Waals surface area contributed by atoms with E-state index < -0.39 is 0 Å². The average Bonchev–Trinajstić information content (AvgIpc) is 3.32. The summed E-state index contributed by atoms with van der Waals surface area (Å²) in [6, 6.07) is 19.7. The van der Waals surface area contributed by atoms with Gasteiger partial charge in [0.25, 0.3) is 0 Å². The topological polar surface area (TPSA) is 41.6 Å². The van der Waals surface area contributed by atoms with Crippen LogP contribution in [0.5, 0.6) is 0 Å². The van der Waals surface area contributed by atoms with Gasteiger partial charge in [0.05, 0.1) is 18.6 Å². The highest BCUT2D eigenvalue weighted by Gasteiger charge is 2.26. The third-order valence-electron chi connectivity index (χ3n) is 3.43. The molecule has 0 spiro atoms. The molecule has 1 N–H and O–H groups in total. The van der Waals surface area contributed by atoms with Crippen molar-refractivity contribution in [3.05, 3.63) is 71.8 Å². The third-order valence-corrected chi connectivity index (χ3v) is 3.43. The molecule has 0 saturated carbocycles. The minimum atomic E-state index is -0.267. The van der Waals surface area contributed by atoms with Gasteiger partial charge in [0.2, 0.25) is 5.91 Å². The van der Waals surface area contributed by atoms with Gasteiger partial charge in [-0.1, -0.05) is 60.7 Å². The van der Waals surface area contributed by atoms with E-state index in [1.807, 2.05) is 60.7 Å². The van der Waals surface area contributed by atoms with Gasteiger partial charge < -0.3 is 10.1 Å². The number of carbonyl (C=O) groups is 1. The molecule has 3 heteroatoms. The lowest BCUT2D eigenvalue weighted by molar-refractivity contribution is -0.121. The first-order valence-corrected chi connectivity index (χ1v) is 6.84. The molecule has 0 aliphatic carbocycles. The largest absolute Gasteiger partial charge is 0.371 e. The molecule has 3 rings (SSSR count). The zero-order valence-corrected chi connectivity index (χ0v) is 11.2. The molecule has 1 fully saturated rings. The fourth-order valence-corrected chi connectivity index (χ4v) is 2.29. The highest BCUT2D eigenvalue weighted by Crippen LogP contribution is 2.24. The van der Waals surface area contributed by atoms with Crippen molar-refractivity contribution in [3.63, 3.8) is 0 Å². The van der Waals surface area contributed by atoms with Gasteiger partial charge in [0, 0.05) is 6.54 Å². The summed E-state index contributed by atoms with van der Waals surface area (Å²) in [6.45, 7) is 1.34. The summed E-state index contributed by atoms with van der Waals surface area (Å²) in [5, 5.41) is 2.98. The van der Waals surface area contributed by atoms with Gasteiger partial charge >= 0.3 is 0 Å². The van der Waals surface area contributed by atoms with Crippen molar-refractivity contribution in [1.29, 1.82) is 0 Å². The molecule has 1 heterocycles. The number of rotatable bonds is 5. The Bertz CT molecular complexity index is 525. The maximum atomic E-state index is 12.5. The first-order chi connectivity index (χ1) is 9.84. The van der Waals surface area contributed by atoms with Gasteiger partial charge in [-0.05, 0) is 11.1 Å². The average molecular weight is 267 g/mol. The molecule has 1 aliphatic rings. The summed E-state index contributed by atoms with van der Waals surface area (Å²) in [7, 11) is 0. The first kappa shape index (κ1) is 12.9. The molecule has 1 atom stereocenters. The number of epoxide rings is 1. The number of benzene rings is 2. The molecule has 0 aromatic heterocycles. The standard InChI is InChI=1S/C17H17NO2/c19-17(18-11-15-12-20-15)16(13-7-3-1-4-8-13)14-9-5-2-6-10-14/h1-10,15-16H,11-12H2,(H,18,19). The lowest BCUT2D eigenvalue weighted by Gasteiger charge is -2.17. The summed E-state index contributed by atoms with van der Waals surface area (Å²) in [6.07, 6.45) is 0.200. The first-order valence-electron chi connectivity index (χ1n) is 6.84. The number of hydrogen-bond acceptors (Lipinski definition) is 2. The maximum Gasteiger partial charge on any atom is 0.232 e. The smallest absolute Gasteiger partial charge is 0.232 e. The van der Waals surface area contributed by atoms with E-state index in [1.165, 1.54) is 0 Å². The predicted octanol–water partition coefficient (Wildman–Crippen LogP) is 2.33. The van der Waals surface area contributed by atoms with E-state index in [0.717, 1.165) is 17.7 Å². The van der Waals surface area contributed by atoms with Crippen LogP contribution >= 0.6 is 0 Å². The monoisotopic (exact) mass is 267 g/mol. The molecule has 102 valence electrons. The molecule has 1 unspecified atom stereocenters. The Morgan fingerprint density at radius 2 is 1.55 bits per heavy atom. The minimum Gasteiger partial charge on any atom is -0.371 e. The van der Waals surface area contributed by atoms with E-state index in [2.05, 4.69) is 5.32 Å². The van der Waals surface area contributed by atoms with Crippen LogP contribution in [0.25, 0.3) is 0 Å². The summed E-state index contributed by atoms with van der Waals surface area (Å²) >= 11 is 0. The predicted molar refractivity (Wildman–Crippen MR) is 77.5 cm³/mol. The van der Waals surface area contributed by atoms with Crippen LogP contribution in [-0.4, -0.2) is 25.2 Å². The Kier molecular flexibility index (Phi) is 3.79. The van der Waals surface area contributed by atoms with E-state index in [1.54, 1.807) is 0 Å². The van der Waals surface area contributed by atoms with Crippen molar-refractivity contribution in [3.8, 4) is 0 Å². The second kappa shape index (κ2) is 5.88. The van der Waals surface area contributed by atoms with E-state index in [9.17, 15) is 4.79 Å². The van der Waals surface area contributed by atoms with Crippen LogP contribution in [0.1, 0.15) is 17.0 Å². The van der Waals surface area contributed by atoms with Crippen LogP contribution in [-0.2, 0) is 9.53 Å². The number of nitrogens with one attached hydrogen (secondary N) is 1. The number of amides is 1. The van der Waals surface area contributed by atoms with E-state index in [4.69, 9.17) is 4.74 Å². The molecule has 2 aromatic rings. The molecule has 1 saturated heterocycles. The molecule has 20 heavy (non-hydrogen) atoms. The van der Waals surface area contributed by atoms with Crippen molar-refractivity contribution in [2.45, 2.75) is 12.0 Å². The summed E-state index contributed by atoms with van der Waals surface area (Å²) in [5.41, 5.74) is 2.01. The van der Waals surface area contributed by atoms with Crippen LogP contribution in [0.15, 0.2) is 60.7 Å². The van der Waals surface area contributed by atoms with Crippen molar-refractivity contribution in [2.24, 2.45) is 0 Å². The zero-order chi connectivity index (χ0) is 13.8. The Morgan fingerprint density at radius 3 is 2.00 bits per heavy atom. The van der Waals surface area contributed by atoms with Crippen molar-refractivity contribution >= 4 is 5.91 Å². The van der Waals surface area contributed by atoms with E-state index in [0.29, 0.717) is 6.54 Å². The van der Waals surface area contributed by atoms with Crippen LogP contribution < -0.4 is 5.32 Å². The fraction of sp³-hybridized carbons (Fsp3) is 0.235. The minimum absolute atomic E-state index is 0.0258. The van der Waals surface area contributed by atoms with Gasteiger partial charge in [-0.3, -0.25) is 4.79 Å². The second-order valence-electron chi connectivity index (χ2n) is 4.95. The number of carbonyl (C=O) groups excluding carboxylic acids is 1. The Morgan fingerprint density at radius 1 is 1.05 bits per heavy atom. The number of ether oxygens (including phenoxy) is 1. The zero-order valence-electron chi connectivity index (χ0n) is 11.2. The van der Waals surface area contributed by atoms with Crippen molar-refractivity contribution in [1.82, 2.24) is 5.32 Å². The molecule has 0 bridgehead atoms. The van der Waals surface area contributed by atoms with Crippen LogP contribution in [0, 0.1) is 0 Å².